The number of carboxylic acid groups (broad SMARTS) is 1. The molecule has 26 heavy (non-hydrogen) atoms. The molecule has 4 nitrogen and oxygen atoms in total. The number of carboxylic acids is 1. The number of aromatic carboxylic acids is 1. The van der Waals surface area contributed by atoms with Crippen molar-refractivity contribution in [1.82, 2.24) is 0 Å². The highest BCUT2D eigenvalue weighted by molar-refractivity contribution is 6.10. The predicted octanol–water partition coefficient (Wildman–Crippen LogP) is 4.29. The number of amides is 1. The summed E-state index contributed by atoms with van der Waals surface area (Å²) in [5, 5.41) is 12.2. The Morgan fingerprint density at radius 1 is 0.808 bits per heavy atom. The first kappa shape index (κ1) is 17.0. The van der Waals surface area contributed by atoms with Gasteiger partial charge in [-0.1, -0.05) is 42.3 Å². The zero-order chi connectivity index (χ0) is 18.5. The van der Waals surface area contributed by atoms with Gasteiger partial charge in [0.25, 0.3) is 5.91 Å². The van der Waals surface area contributed by atoms with Gasteiger partial charge in [0, 0.05) is 16.8 Å². The summed E-state index contributed by atoms with van der Waals surface area (Å²) in [6.07, 6.45) is 5.33. The first-order valence-electron chi connectivity index (χ1n) is 7.90. The normalized spacial score (nSPS) is 9.96. The fraction of sp³-hybridized carbons (Fsp3) is 0. The molecule has 0 aliphatic carbocycles. The topological polar surface area (TPSA) is 66.4 Å². The van der Waals surface area contributed by atoms with E-state index in [1.165, 1.54) is 6.07 Å². The molecule has 0 aliphatic rings. The van der Waals surface area contributed by atoms with E-state index < -0.39 is 5.97 Å². The van der Waals surface area contributed by atoms with Crippen molar-refractivity contribution in [3.8, 4) is 23.5 Å². The maximum atomic E-state index is 12.7. The molecule has 0 saturated heterocycles. The van der Waals surface area contributed by atoms with E-state index in [1.807, 2.05) is 0 Å². The third-order valence-electron chi connectivity index (χ3n) is 3.93. The van der Waals surface area contributed by atoms with Gasteiger partial charge in [-0.3, -0.25) is 4.79 Å². The van der Waals surface area contributed by atoms with Crippen molar-refractivity contribution < 1.29 is 14.7 Å². The maximum Gasteiger partial charge on any atom is 0.336 e. The van der Waals surface area contributed by atoms with Gasteiger partial charge in [-0.15, -0.1) is 6.42 Å². The van der Waals surface area contributed by atoms with Gasteiger partial charge >= 0.3 is 5.97 Å². The molecule has 0 fully saturated rings. The third kappa shape index (κ3) is 3.47. The second-order valence-corrected chi connectivity index (χ2v) is 5.57. The molecule has 1 amide bonds. The summed E-state index contributed by atoms with van der Waals surface area (Å²) in [5.41, 5.74) is 2.92. The highest BCUT2D eigenvalue weighted by atomic mass is 16.4. The second-order valence-electron chi connectivity index (χ2n) is 5.57. The molecule has 0 aliphatic heterocycles. The lowest BCUT2D eigenvalue weighted by Crippen LogP contribution is -2.13. The van der Waals surface area contributed by atoms with Gasteiger partial charge in [-0.2, -0.15) is 0 Å². The summed E-state index contributed by atoms with van der Waals surface area (Å²) in [6.45, 7) is 0. The van der Waals surface area contributed by atoms with E-state index in [1.54, 1.807) is 66.7 Å². The lowest BCUT2D eigenvalue weighted by molar-refractivity contribution is 0.0697. The van der Waals surface area contributed by atoms with Crippen LogP contribution < -0.4 is 5.32 Å². The average molecular weight is 341 g/mol. The summed E-state index contributed by atoms with van der Waals surface area (Å²) in [7, 11) is 0. The molecule has 3 rings (SSSR count). The highest BCUT2D eigenvalue weighted by Gasteiger charge is 2.17. The predicted molar refractivity (Wildman–Crippen MR) is 101 cm³/mol. The standard InChI is InChI=1S/C22H15NO3/c1-2-15-11-13-16(14-12-15)23-21(24)19-9-5-3-7-17(19)18-8-4-6-10-20(18)22(25)26/h1,3-14H,(H,23,24)(H,25,26). The minimum atomic E-state index is -1.04. The van der Waals surface area contributed by atoms with Crippen molar-refractivity contribution in [3.63, 3.8) is 0 Å². The molecule has 3 aromatic rings. The van der Waals surface area contributed by atoms with Crippen molar-refractivity contribution in [2.75, 3.05) is 5.32 Å². The van der Waals surface area contributed by atoms with Crippen molar-refractivity contribution in [2.24, 2.45) is 0 Å². The summed E-state index contributed by atoms with van der Waals surface area (Å²) in [4.78, 5) is 24.3. The quantitative estimate of drug-likeness (QED) is 0.696. The fourth-order valence-electron chi connectivity index (χ4n) is 2.67. The van der Waals surface area contributed by atoms with E-state index in [-0.39, 0.29) is 11.5 Å². The number of carbonyl (C=O) groups excluding carboxylic acids is 1. The van der Waals surface area contributed by atoms with Crippen LogP contribution in [0.5, 0.6) is 0 Å². The Kier molecular flexibility index (Phi) is 4.82. The molecule has 2 N–H and O–H groups in total. The number of carbonyl (C=O) groups is 2. The highest BCUT2D eigenvalue weighted by Crippen LogP contribution is 2.28. The number of hydrogen-bond acceptors (Lipinski definition) is 2. The van der Waals surface area contributed by atoms with Crippen LogP contribution in [0.4, 0.5) is 5.69 Å². The average Bonchev–Trinajstić information content (AvgIpc) is 2.68. The lowest BCUT2D eigenvalue weighted by Gasteiger charge is -2.12. The second kappa shape index (κ2) is 7.37. The molecule has 0 unspecified atom stereocenters. The van der Waals surface area contributed by atoms with Gasteiger partial charge in [-0.05, 0) is 47.5 Å². The van der Waals surface area contributed by atoms with Crippen LogP contribution in [0.15, 0.2) is 72.8 Å². The third-order valence-corrected chi connectivity index (χ3v) is 3.93. The SMILES string of the molecule is C#Cc1ccc(NC(=O)c2ccccc2-c2ccccc2C(=O)O)cc1. The Labute approximate surface area is 151 Å². The fourth-order valence-corrected chi connectivity index (χ4v) is 2.67. The molecule has 126 valence electrons. The molecule has 0 aromatic heterocycles. The Morgan fingerprint density at radius 3 is 1.92 bits per heavy atom. The van der Waals surface area contributed by atoms with Crippen molar-refractivity contribution >= 4 is 17.6 Å². The van der Waals surface area contributed by atoms with Gasteiger partial charge in [0.15, 0.2) is 0 Å². The van der Waals surface area contributed by atoms with Gasteiger partial charge < -0.3 is 10.4 Å². The van der Waals surface area contributed by atoms with Crippen LogP contribution in [-0.4, -0.2) is 17.0 Å². The molecule has 0 spiro atoms. The van der Waals surface area contributed by atoms with Crippen LogP contribution in [0.25, 0.3) is 11.1 Å². The molecule has 0 bridgehead atoms. The minimum Gasteiger partial charge on any atom is -0.478 e. The molecular formula is C22H15NO3. The summed E-state index contributed by atoms with van der Waals surface area (Å²) < 4.78 is 0. The zero-order valence-corrected chi connectivity index (χ0v) is 13.8. The van der Waals surface area contributed by atoms with Crippen LogP contribution in [-0.2, 0) is 0 Å². The molecule has 3 aromatic carbocycles. The van der Waals surface area contributed by atoms with Crippen LogP contribution in [0, 0.1) is 12.3 Å². The number of hydrogen-bond donors (Lipinski definition) is 2. The van der Waals surface area contributed by atoms with E-state index in [9.17, 15) is 14.7 Å². The summed E-state index contributed by atoms with van der Waals surface area (Å²) in [6, 6.07) is 20.4. The Bertz CT molecular complexity index is 1010. The van der Waals surface area contributed by atoms with Crippen molar-refractivity contribution in [2.45, 2.75) is 0 Å². The number of terminal acetylenes is 1. The monoisotopic (exact) mass is 341 g/mol. The molecule has 0 atom stereocenters. The van der Waals surface area contributed by atoms with E-state index in [2.05, 4.69) is 11.2 Å². The lowest BCUT2D eigenvalue weighted by atomic mass is 9.95. The van der Waals surface area contributed by atoms with Crippen LogP contribution >= 0.6 is 0 Å². The van der Waals surface area contributed by atoms with Gasteiger partial charge in [0.2, 0.25) is 0 Å². The molecule has 4 heteroatoms. The first-order valence-corrected chi connectivity index (χ1v) is 7.90. The van der Waals surface area contributed by atoms with Crippen molar-refractivity contribution in [3.05, 3.63) is 89.5 Å². The molecule has 0 saturated carbocycles. The van der Waals surface area contributed by atoms with Gasteiger partial charge in [0.05, 0.1) is 5.56 Å². The van der Waals surface area contributed by atoms with Crippen LogP contribution in [0.1, 0.15) is 26.3 Å². The Morgan fingerprint density at radius 2 is 1.35 bits per heavy atom. The van der Waals surface area contributed by atoms with Crippen LogP contribution in [0.3, 0.4) is 0 Å². The minimum absolute atomic E-state index is 0.145. The first-order chi connectivity index (χ1) is 12.6. The maximum absolute atomic E-state index is 12.7. The smallest absolute Gasteiger partial charge is 0.336 e. The van der Waals surface area contributed by atoms with E-state index >= 15 is 0 Å². The Hall–Kier alpha value is -3.84. The number of anilines is 1. The van der Waals surface area contributed by atoms with Gasteiger partial charge in [-0.25, -0.2) is 4.79 Å². The van der Waals surface area contributed by atoms with E-state index in [4.69, 9.17) is 6.42 Å². The summed E-state index contributed by atoms with van der Waals surface area (Å²) >= 11 is 0. The number of rotatable bonds is 4. The van der Waals surface area contributed by atoms with Crippen molar-refractivity contribution in [1.29, 1.82) is 0 Å². The van der Waals surface area contributed by atoms with E-state index in [0.29, 0.717) is 22.4 Å². The largest absolute Gasteiger partial charge is 0.478 e. The number of nitrogens with one attached hydrogen (secondary N) is 1. The molecule has 0 radical (unpaired) electrons. The number of benzene rings is 3. The zero-order valence-electron chi connectivity index (χ0n) is 13.8. The van der Waals surface area contributed by atoms with Crippen LogP contribution in [0.2, 0.25) is 0 Å². The molecular weight excluding hydrogens is 326 g/mol. The molecule has 0 heterocycles. The van der Waals surface area contributed by atoms with E-state index in [0.717, 1.165) is 5.56 Å². The summed E-state index contributed by atoms with van der Waals surface area (Å²) in [5.74, 6) is 1.15. The van der Waals surface area contributed by atoms with Gasteiger partial charge in [0.1, 0.15) is 0 Å². The Balaban J connectivity index is 1.98.